The Kier molecular flexibility index (Phi) is 4.72. The molecule has 0 saturated carbocycles. The van der Waals surface area contributed by atoms with Crippen LogP contribution in [0.25, 0.3) is 0 Å². The maximum atomic E-state index is 12.5. The fourth-order valence-corrected chi connectivity index (χ4v) is 2.15. The summed E-state index contributed by atoms with van der Waals surface area (Å²) in [5.74, 6) is -1.25. The monoisotopic (exact) mass is 282 g/mol. The van der Waals surface area contributed by atoms with E-state index in [1.807, 2.05) is 60.7 Å². The molecule has 0 bridgehead atoms. The molecule has 3 N–H and O–H groups in total. The molecule has 1 atom stereocenters. The third-order valence-corrected chi connectivity index (χ3v) is 3.31. The van der Waals surface area contributed by atoms with Crippen molar-refractivity contribution in [1.82, 2.24) is 5.32 Å². The third kappa shape index (κ3) is 3.69. The third-order valence-electron chi connectivity index (χ3n) is 3.31. The summed E-state index contributed by atoms with van der Waals surface area (Å²) in [6, 6.07) is 18.2. The van der Waals surface area contributed by atoms with Gasteiger partial charge in [0.1, 0.15) is 6.04 Å². The number of primary amides is 1. The standard InChI is InChI=1S/C17H18N2O2/c1-12(16(18)20)19-17(21)15(13-8-4-2-5-9-13)14-10-6-3-7-11-14/h2-12,15H,1H3,(H2,18,20)(H,19,21). The minimum atomic E-state index is -0.701. The zero-order valence-corrected chi connectivity index (χ0v) is 11.8. The molecule has 0 aromatic heterocycles. The Bertz CT molecular complexity index is 572. The van der Waals surface area contributed by atoms with Crippen molar-refractivity contribution in [3.63, 3.8) is 0 Å². The molecule has 0 saturated heterocycles. The highest BCUT2D eigenvalue weighted by Gasteiger charge is 2.24. The summed E-state index contributed by atoms with van der Waals surface area (Å²) in [5, 5.41) is 2.66. The number of carbonyl (C=O) groups is 2. The van der Waals surface area contributed by atoms with Crippen LogP contribution >= 0.6 is 0 Å². The molecule has 108 valence electrons. The first-order valence-corrected chi connectivity index (χ1v) is 6.79. The Morgan fingerprint density at radius 2 is 1.33 bits per heavy atom. The van der Waals surface area contributed by atoms with Gasteiger partial charge in [0.05, 0.1) is 5.92 Å². The van der Waals surface area contributed by atoms with Gasteiger partial charge in [-0.2, -0.15) is 0 Å². The van der Waals surface area contributed by atoms with Crippen molar-refractivity contribution in [1.29, 1.82) is 0 Å². The molecule has 0 radical (unpaired) electrons. The molecule has 21 heavy (non-hydrogen) atoms. The van der Waals surface area contributed by atoms with Crippen LogP contribution in [0.15, 0.2) is 60.7 Å². The minimum Gasteiger partial charge on any atom is -0.368 e. The molecule has 2 rings (SSSR count). The molecular weight excluding hydrogens is 264 g/mol. The van der Waals surface area contributed by atoms with Gasteiger partial charge in [-0.3, -0.25) is 9.59 Å². The maximum absolute atomic E-state index is 12.5. The highest BCUT2D eigenvalue weighted by Crippen LogP contribution is 2.24. The summed E-state index contributed by atoms with van der Waals surface area (Å²) in [6.45, 7) is 1.58. The molecule has 4 nitrogen and oxygen atoms in total. The largest absolute Gasteiger partial charge is 0.368 e. The van der Waals surface area contributed by atoms with Gasteiger partial charge in [-0.25, -0.2) is 0 Å². The minimum absolute atomic E-state index is 0.237. The summed E-state index contributed by atoms with van der Waals surface area (Å²) >= 11 is 0. The summed E-state index contributed by atoms with van der Waals surface area (Å²) in [4.78, 5) is 23.7. The normalized spacial score (nSPS) is 11.9. The molecule has 1 unspecified atom stereocenters. The van der Waals surface area contributed by atoms with Crippen LogP contribution in [0.3, 0.4) is 0 Å². The Morgan fingerprint density at radius 3 is 1.71 bits per heavy atom. The topological polar surface area (TPSA) is 72.2 Å². The fourth-order valence-electron chi connectivity index (χ4n) is 2.15. The average Bonchev–Trinajstić information content (AvgIpc) is 2.49. The van der Waals surface area contributed by atoms with Crippen LogP contribution < -0.4 is 11.1 Å². The van der Waals surface area contributed by atoms with E-state index in [4.69, 9.17) is 5.73 Å². The lowest BCUT2D eigenvalue weighted by atomic mass is 9.90. The Morgan fingerprint density at radius 1 is 0.905 bits per heavy atom. The molecular formula is C17H18N2O2. The zero-order valence-electron chi connectivity index (χ0n) is 11.8. The summed E-state index contributed by atoms with van der Waals surface area (Å²) in [6.07, 6.45) is 0. The Labute approximate surface area is 124 Å². The summed E-state index contributed by atoms with van der Waals surface area (Å²) < 4.78 is 0. The Balaban J connectivity index is 2.33. The van der Waals surface area contributed by atoms with Crippen LogP contribution in [0.1, 0.15) is 24.0 Å². The van der Waals surface area contributed by atoms with Crippen LogP contribution in [0.4, 0.5) is 0 Å². The van der Waals surface area contributed by atoms with Gasteiger partial charge in [-0.1, -0.05) is 60.7 Å². The van der Waals surface area contributed by atoms with Gasteiger partial charge in [0.2, 0.25) is 11.8 Å². The fraction of sp³-hybridized carbons (Fsp3) is 0.176. The highest BCUT2D eigenvalue weighted by atomic mass is 16.2. The van der Waals surface area contributed by atoms with Crippen molar-refractivity contribution in [3.05, 3.63) is 71.8 Å². The summed E-state index contributed by atoms with van der Waals surface area (Å²) in [5.41, 5.74) is 6.95. The number of nitrogens with one attached hydrogen (secondary N) is 1. The number of hydrogen-bond donors (Lipinski definition) is 2. The number of hydrogen-bond acceptors (Lipinski definition) is 2. The van der Waals surface area contributed by atoms with Crippen molar-refractivity contribution in [2.24, 2.45) is 5.73 Å². The van der Waals surface area contributed by atoms with Gasteiger partial charge in [0, 0.05) is 0 Å². The van der Waals surface area contributed by atoms with Crippen LogP contribution in [-0.4, -0.2) is 17.9 Å². The number of amides is 2. The van der Waals surface area contributed by atoms with Crippen molar-refractivity contribution in [3.8, 4) is 0 Å². The van der Waals surface area contributed by atoms with Crippen molar-refractivity contribution < 1.29 is 9.59 Å². The van der Waals surface area contributed by atoms with Gasteiger partial charge in [-0.15, -0.1) is 0 Å². The van der Waals surface area contributed by atoms with E-state index in [-0.39, 0.29) is 5.91 Å². The van der Waals surface area contributed by atoms with Crippen LogP contribution in [0, 0.1) is 0 Å². The molecule has 4 heteroatoms. The second-order valence-electron chi connectivity index (χ2n) is 4.89. The van der Waals surface area contributed by atoms with Crippen molar-refractivity contribution in [2.45, 2.75) is 18.9 Å². The van der Waals surface area contributed by atoms with E-state index in [1.165, 1.54) is 0 Å². The smallest absolute Gasteiger partial charge is 0.239 e. The van der Waals surface area contributed by atoms with E-state index in [0.29, 0.717) is 0 Å². The second-order valence-corrected chi connectivity index (χ2v) is 4.89. The molecule has 0 aliphatic heterocycles. The van der Waals surface area contributed by atoms with E-state index in [1.54, 1.807) is 6.92 Å². The van der Waals surface area contributed by atoms with E-state index >= 15 is 0 Å². The molecule has 2 aromatic rings. The zero-order chi connectivity index (χ0) is 15.2. The predicted molar refractivity (Wildman–Crippen MR) is 81.5 cm³/mol. The van der Waals surface area contributed by atoms with Crippen molar-refractivity contribution >= 4 is 11.8 Å². The maximum Gasteiger partial charge on any atom is 0.239 e. The molecule has 0 fully saturated rings. The first-order valence-electron chi connectivity index (χ1n) is 6.79. The molecule has 2 aromatic carbocycles. The second kappa shape index (κ2) is 6.70. The number of benzene rings is 2. The average molecular weight is 282 g/mol. The highest BCUT2D eigenvalue weighted by molar-refractivity contribution is 5.91. The lowest BCUT2D eigenvalue weighted by molar-refractivity contribution is -0.127. The predicted octanol–water partition coefficient (Wildman–Crippen LogP) is 1.81. The SMILES string of the molecule is CC(NC(=O)C(c1ccccc1)c1ccccc1)C(N)=O. The first-order chi connectivity index (χ1) is 10.1. The molecule has 0 heterocycles. The molecule has 0 spiro atoms. The van der Waals surface area contributed by atoms with Crippen molar-refractivity contribution in [2.75, 3.05) is 0 Å². The van der Waals surface area contributed by atoms with Gasteiger partial charge in [-0.05, 0) is 18.1 Å². The van der Waals surface area contributed by atoms with E-state index < -0.39 is 17.9 Å². The molecule has 0 aliphatic rings. The van der Waals surface area contributed by atoms with E-state index in [2.05, 4.69) is 5.32 Å². The summed E-state index contributed by atoms with van der Waals surface area (Å²) in [7, 11) is 0. The number of nitrogens with two attached hydrogens (primary N) is 1. The lowest BCUT2D eigenvalue weighted by Gasteiger charge is -2.19. The van der Waals surface area contributed by atoms with Gasteiger partial charge in [0.15, 0.2) is 0 Å². The molecule has 2 amide bonds. The lowest BCUT2D eigenvalue weighted by Crippen LogP contribution is -2.44. The number of carbonyl (C=O) groups excluding carboxylic acids is 2. The van der Waals surface area contributed by atoms with Gasteiger partial charge < -0.3 is 11.1 Å². The van der Waals surface area contributed by atoms with Crippen LogP contribution in [-0.2, 0) is 9.59 Å². The van der Waals surface area contributed by atoms with E-state index in [0.717, 1.165) is 11.1 Å². The first kappa shape index (κ1) is 14.8. The van der Waals surface area contributed by atoms with Crippen LogP contribution in [0.2, 0.25) is 0 Å². The van der Waals surface area contributed by atoms with E-state index in [9.17, 15) is 9.59 Å². The number of rotatable bonds is 5. The Hall–Kier alpha value is -2.62. The molecule has 0 aliphatic carbocycles. The van der Waals surface area contributed by atoms with Crippen LogP contribution in [0.5, 0.6) is 0 Å². The van der Waals surface area contributed by atoms with Gasteiger partial charge in [0.25, 0.3) is 0 Å². The van der Waals surface area contributed by atoms with Gasteiger partial charge >= 0.3 is 0 Å². The quantitative estimate of drug-likeness (QED) is 0.878.